The van der Waals surface area contributed by atoms with Crippen molar-refractivity contribution < 1.29 is 19.1 Å². The molecule has 1 atom stereocenters. The Kier molecular flexibility index (Phi) is 4.68. The topological polar surface area (TPSA) is 60.4 Å². The monoisotopic (exact) mass is 406 g/mol. The molecule has 0 amide bonds. The highest BCUT2D eigenvalue weighted by molar-refractivity contribution is 6.22. The van der Waals surface area contributed by atoms with Crippen LogP contribution >= 0.6 is 0 Å². The molecule has 0 saturated heterocycles. The van der Waals surface area contributed by atoms with Crippen molar-refractivity contribution in [2.24, 2.45) is 0 Å². The van der Waals surface area contributed by atoms with Gasteiger partial charge in [-0.05, 0) is 6.08 Å². The third kappa shape index (κ3) is 3.32. The fourth-order valence-corrected chi connectivity index (χ4v) is 4.06. The van der Waals surface area contributed by atoms with Crippen LogP contribution in [-0.2, 0) is 4.74 Å². The second-order valence-electron chi connectivity index (χ2n) is 7.51. The summed E-state index contributed by atoms with van der Waals surface area (Å²) in [5, 5.41) is 0. The van der Waals surface area contributed by atoms with Crippen molar-refractivity contribution in [3.8, 4) is 0 Å². The second kappa shape index (κ2) is 7.65. The first-order valence-electron chi connectivity index (χ1n) is 10.1. The molecule has 31 heavy (non-hydrogen) atoms. The minimum Gasteiger partial charge on any atom is -0.481 e. The summed E-state index contributed by atoms with van der Waals surface area (Å²) in [6, 6.07) is 24.9. The highest BCUT2D eigenvalue weighted by atomic mass is 16.5. The van der Waals surface area contributed by atoms with Crippen molar-refractivity contribution in [2.45, 2.75) is 12.5 Å². The van der Waals surface area contributed by atoms with Crippen LogP contribution in [0.15, 0.2) is 102 Å². The summed E-state index contributed by atoms with van der Waals surface area (Å²) in [6.45, 7) is 0. The number of carbonyl (C=O) groups excluding carboxylic acids is 3. The van der Waals surface area contributed by atoms with E-state index in [2.05, 4.69) is 0 Å². The number of carbonyl (C=O) groups is 3. The number of ketones is 3. The molecule has 1 unspecified atom stereocenters. The van der Waals surface area contributed by atoms with Crippen molar-refractivity contribution in [1.82, 2.24) is 0 Å². The summed E-state index contributed by atoms with van der Waals surface area (Å²) in [6.07, 6.45) is 0.889. The maximum absolute atomic E-state index is 13.3. The lowest BCUT2D eigenvalue weighted by Crippen LogP contribution is -2.20. The Hall–Kier alpha value is -4.05. The van der Waals surface area contributed by atoms with E-state index in [9.17, 15) is 14.4 Å². The SMILES string of the molecule is O=C(/C=C1\C(=O)c2ccccc2C2=C1CC(C(=O)c1ccccc1)O2)c1ccccc1. The zero-order chi connectivity index (χ0) is 21.4. The van der Waals surface area contributed by atoms with Gasteiger partial charge in [0.1, 0.15) is 5.76 Å². The predicted molar refractivity (Wildman–Crippen MR) is 117 cm³/mol. The van der Waals surface area contributed by atoms with Gasteiger partial charge in [0.15, 0.2) is 17.7 Å². The molecule has 0 saturated carbocycles. The Balaban J connectivity index is 1.56. The van der Waals surface area contributed by atoms with E-state index in [1.165, 1.54) is 6.08 Å². The number of hydrogen-bond acceptors (Lipinski definition) is 4. The van der Waals surface area contributed by atoms with Gasteiger partial charge in [-0.2, -0.15) is 0 Å². The molecule has 0 spiro atoms. The highest BCUT2D eigenvalue weighted by Crippen LogP contribution is 2.43. The zero-order valence-electron chi connectivity index (χ0n) is 16.6. The maximum atomic E-state index is 13.3. The van der Waals surface area contributed by atoms with Gasteiger partial charge < -0.3 is 4.74 Å². The van der Waals surface area contributed by atoms with Gasteiger partial charge in [0.05, 0.1) is 0 Å². The first kappa shape index (κ1) is 18.9. The number of hydrogen-bond donors (Lipinski definition) is 0. The Morgan fingerprint density at radius 1 is 0.774 bits per heavy atom. The van der Waals surface area contributed by atoms with E-state index >= 15 is 0 Å². The van der Waals surface area contributed by atoms with Crippen molar-refractivity contribution in [1.29, 1.82) is 0 Å². The predicted octanol–water partition coefficient (Wildman–Crippen LogP) is 5.08. The summed E-state index contributed by atoms with van der Waals surface area (Å²) in [5.74, 6) is -0.117. The molecule has 0 bridgehead atoms. The van der Waals surface area contributed by atoms with Gasteiger partial charge in [-0.3, -0.25) is 14.4 Å². The van der Waals surface area contributed by atoms with Gasteiger partial charge >= 0.3 is 0 Å². The Morgan fingerprint density at radius 2 is 1.35 bits per heavy atom. The molecule has 3 aromatic rings. The van der Waals surface area contributed by atoms with Crippen molar-refractivity contribution >= 4 is 23.1 Å². The maximum Gasteiger partial charge on any atom is 0.203 e. The molecule has 2 aliphatic rings. The lowest BCUT2D eigenvalue weighted by atomic mass is 9.83. The molecule has 0 radical (unpaired) electrons. The van der Waals surface area contributed by atoms with Gasteiger partial charge in [-0.25, -0.2) is 0 Å². The lowest BCUT2D eigenvalue weighted by Gasteiger charge is -2.19. The molecule has 0 N–H and O–H groups in total. The number of Topliss-reactive ketones (excluding diaryl/α,β-unsaturated/α-hetero) is 2. The molecule has 1 aliphatic heterocycles. The van der Waals surface area contributed by atoms with Crippen LogP contribution in [0.2, 0.25) is 0 Å². The third-order valence-electron chi connectivity index (χ3n) is 5.59. The van der Waals surface area contributed by atoms with Gasteiger partial charge in [0, 0.05) is 39.8 Å². The van der Waals surface area contributed by atoms with Crippen LogP contribution in [0.5, 0.6) is 0 Å². The van der Waals surface area contributed by atoms with E-state index in [-0.39, 0.29) is 23.8 Å². The normalized spacial score (nSPS) is 18.4. The molecule has 0 aromatic heterocycles. The molecule has 3 aromatic carbocycles. The molecule has 5 rings (SSSR count). The first-order chi connectivity index (χ1) is 15.1. The summed E-state index contributed by atoms with van der Waals surface area (Å²) >= 11 is 0. The summed E-state index contributed by atoms with van der Waals surface area (Å²) in [5.41, 5.74) is 3.10. The summed E-state index contributed by atoms with van der Waals surface area (Å²) in [7, 11) is 0. The number of fused-ring (bicyclic) bond motifs is 2. The minimum absolute atomic E-state index is 0.145. The fourth-order valence-electron chi connectivity index (χ4n) is 4.06. The van der Waals surface area contributed by atoms with Crippen LogP contribution in [0.4, 0.5) is 0 Å². The van der Waals surface area contributed by atoms with E-state index < -0.39 is 6.10 Å². The first-order valence-corrected chi connectivity index (χ1v) is 10.1. The lowest BCUT2D eigenvalue weighted by molar-refractivity contribution is 0.0779. The molecule has 150 valence electrons. The van der Waals surface area contributed by atoms with Gasteiger partial charge in [0.25, 0.3) is 0 Å². The zero-order valence-corrected chi connectivity index (χ0v) is 16.6. The van der Waals surface area contributed by atoms with Crippen molar-refractivity contribution in [3.05, 3.63) is 124 Å². The Morgan fingerprint density at radius 3 is 2.03 bits per heavy atom. The van der Waals surface area contributed by atoms with Crippen molar-refractivity contribution in [3.63, 3.8) is 0 Å². The molecular formula is C27H18O4. The van der Waals surface area contributed by atoms with E-state index in [1.54, 1.807) is 60.7 Å². The third-order valence-corrected chi connectivity index (χ3v) is 5.59. The van der Waals surface area contributed by atoms with Gasteiger partial charge in [-0.15, -0.1) is 0 Å². The Labute approximate surface area is 179 Å². The smallest absolute Gasteiger partial charge is 0.203 e. The molecule has 1 heterocycles. The number of rotatable bonds is 4. The van der Waals surface area contributed by atoms with E-state index in [0.717, 1.165) is 0 Å². The Bertz CT molecular complexity index is 1270. The summed E-state index contributed by atoms with van der Waals surface area (Å²) < 4.78 is 6.10. The van der Waals surface area contributed by atoms with Crippen LogP contribution in [0.3, 0.4) is 0 Å². The average molecular weight is 406 g/mol. The quantitative estimate of drug-likeness (QED) is 0.448. The second-order valence-corrected chi connectivity index (χ2v) is 7.51. The molecule has 4 nitrogen and oxygen atoms in total. The molecule has 0 fully saturated rings. The van der Waals surface area contributed by atoms with Crippen LogP contribution in [0, 0.1) is 0 Å². The number of allylic oxidation sites excluding steroid dienone is 2. The van der Waals surface area contributed by atoms with Crippen LogP contribution in [-0.4, -0.2) is 23.5 Å². The molecule has 1 aliphatic carbocycles. The fraction of sp³-hybridized carbons (Fsp3) is 0.0741. The van der Waals surface area contributed by atoms with E-state index in [1.807, 2.05) is 24.3 Å². The molecular weight excluding hydrogens is 388 g/mol. The van der Waals surface area contributed by atoms with Gasteiger partial charge in [0.2, 0.25) is 5.78 Å². The number of benzene rings is 3. The van der Waals surface area contributed by atoms with E-state index in [4.69, 9.17) is 4.74 Å². The molecule has 4 heteroatoms. The van der Waals surface area contributed by atoms with Crippen LogP contribution < -0.4 is 0 Å². The summed E-state index contributed by atoms with van der Waals surface area (Å²) in [4.78, 5) is 39.1. The highest BCUT2D eigenvalue weighted by Gasteiger charge is 2.40. The number of ether oxygens (including phenoxy) is 1. The average Bonchev–Trinajstić information content (AvgIpc) is 3.28. The van der Waals surface area contributed by atoms with E-state index in [0.29, 0.717) is 39.2 Å². The van der Waals surface area contributed by atoms with Gasteiger partial charge in [-0.1, -0.05) is 84.9 Å². The van der Waals surface area contributed by atoms with Crippen LogP contribution in [0.1, 0.15) is 43.1 Å². The standard InChI is InChI=1S/C27H18O4/c28-23(17-9-3-1-4-10-17)15-21-22-16-24(25(29)18-11-5-2-6-12-18)31-27(22)20-14-8-7-13-19(20)26(21)30/h1-15,24H,16H2/b21-15-. The van der Waals surface area contributed by atoms with Crippen molar-refractivity contribution in [2.75, 3.05) is 0 Å². The van der Waals surface area contributed by atoms with Crippen LogP contribution in [0.25, 0.3) is 5.76 Å². The minimum atomic E-state index is -0.735. The largest absolute Gasteiger partial charge is 0.481 e.